The Balaban J connectivity index is 1.99. The predicted molar refractivity (Wildman–Crippen MR) is 86.3 cm³/mol. The highest BCUT2D eigenvalue weighted by molar-refractivity contribution is 5.00. The van der Waals surface area contributed by atoms with Gasteiger partial charge in [0.2, 0.25) is 0 Å². The molecule has 2 atom stereocenters. The van der Waals surface area contributed by atoms with Crippen molar-refractivity contribution in [1.82, 2.24) is 14.9 Å². The molecule has 2 N–H and O–H groups in total. The fourth-order valence-corrected chi connectivity index (χ4v) is 3.87. The second-order valence-electron chi connectivity index (χ2n) is 6.78. The summed E-state index contributed by atoms with van der Waals surface area (Å²) < 4.78 is 2.29. The zero-order valence-electron chi connectivity index (χ0n) is 13.8. The largest absolute Gasteiger partial charge is 0.394 e. The third kappa shape index (κ3) is 3.86. The van der Waals surface area contributed by atoms with Gasteiger partial charge in [-0.1, -0.05) is 27.2 Å². The Morgan fingerprint density at radius 3 is 3.00 bits per heavy atom. The quantitative estimate of drug-likeness (QED) is 0.775. The Morgan fingerprint density at radius 2 is 2.33 bits per heavy atom. The van der Waals surface area contributed by atoms with Gasteiger partial charge in [0, 0.05) is 36.9 Å². The standard InChI is InChI=1S/C17H31N3O/c1-4-6-16-18-10-12-20(16)11-8-15-7-5-9-17(15,13-21)19-14(2)3/h10,12,14-15,19,21H,4-9,11,13H2,1-3H3. The number of hydrogen-bond acceptors (Lipinski definition) is 3. The topological polar surface area (TPSA) is 50.1 Å². The molecule has 1 aliphatic carbocycles. The van der Waals surface area contributed by atoms with E-state index in [-0.39, 0.29) is 12.1 Å². The van der Waals surface area contributed by atoms with Crippen LogP contribution < -0.4 is 5.32 Å². The summed E-state index contributed by atoms with van der Waals surface area (Å²) in [6.45, 7) is 7.80. The van der Waals surface area contributed by atoms with Crippen LogP contribution in [0.5, 0.6) is 0 Å². The molecule has 0 bridgehead atoms. The van der Waals surface area contributed by atoms with Crippen LogP contribution in [0.1, 0.15) is 58.7 Å². The monoisotopic (exact) mass is 293 g/mol. The Bertz CT molecular complexity index is 429. The van der Waals surface area contributed by atoms with Gasteiger partial charge in [0.25, 0.3) is 0 Å². The molecule has 1 aliphatic rings. The number of rotatable bonds is 8. The SMILES string of the molecule is CCCc1nccn1CCC1CCCC1(CO)NC(C)C. The minimum Gasteiger partial charge on any atom is -0.394 e. The first-order valence-corrected chi connectivity index (χ1v) is 8.50. The zero-order chi connectivity index (χ0) is 15.3. The Hall–Kier alpha value is -0.870. The van der Waals surface area contributed by atoms with Crippen molar-refractivity contribution in [3.8, 4) is 0 Å². The fourth-order valence-electron chi connectivity index (χ4n) is 3.87. The molecule has 1 saturated carbocycles. The van der Waals surface area contributed by atoms with Crippen molar-refractivity contribution in [1.29, 1.82) is 0 Å². The van der Waals surface area contributed by atoms with Crippen molar-refractivity contribution in [3.63, 3.8) is 0 Å². The average Bonchev–Trinajstić information content (AvgIpc) is 3.04. The van der Waals surface area contributed by atoms with Crippen LogP contribution in [0.3, 0.4) is 0 Å². The highest BCUT2D eigenvalue weighted by Gasteiger charge is 2.42. The van der Waals surface area contributed by atoms with Crippen molar-refractivity contribution in [2.45, 2.75) is 77.4 Å². The highest BCUT2D eigenvalue weighted by atomic mass is 16.3. The van der Waals surface area contributed by atoms with E-state index in [2.05, 4.69) is 41.8 Å². The van der Waals surface area contributed by atoms with E-state index in [4.69, 9.17) is 0 Å². The van der Waals surface area contributed by atoms with E-state index in [0.717, 1.165) is 32.2 Å². The van der Waals surface area contributed by atoms with Crippen LogP contribution in [0.2, 0.25) is 0 Å². The average molecular weight is 293 g/mol. The molecule has 0 aliphatic heterocycles. The van der Waals surface area contributed by atoms with Crippen LogP contribution in [-0.4, -0.2) is 32.8 Å². The number of nitrogens with one attached hydrogen (secondary N) is 1. The van der Waals surface area contributed by atoms with E-state index in [1.54, 1.807) is 0 Å². The molecule has 0 spiro atoms. The lowest BCUT2D eigenvalue weighted by Gasteiger charge is -2.37. The van der Waals surface area contributed by atoms with Crippen molar-refractivity contribution >= 4 is 0 Å². The molecule has 4 heteroatoms. The number of aliphatic hydroxyl groups is 1. The summed E-state index contributed by atoms with van der Waals surface area (Å²) in [5, 5.41) is 13.6. The van der Waals surface area contributed by atoms with Crippen LogP contribution >= 0.6 is 0 Å². The summed E-state index contributed by atoms with van der Waals surface area (Å²) in [5.74, 6) is 1.75. The van der Waals surface area contributed by atoms with Gasteiger partial charge in [0.15, 0.2) is 0 Å². The van der Waals surface area contributed by atoms with Gasteiger partial charge >= 0.3 is 0 Å². The molecule has 0 aromatic carbocycles. The van der Waals surface area contributed by atoms with E-state index < -0.39 is 0 Å². The molecule has 0 saturated heterocycles. The van der Waals surface area contributed by atoms with Gasteiger partial charge in [-0.2, -0.15) is 0 Å². The van der Waals surface area contributed by atoms with Gasteiger partial charge in [0.1, 0.15) is 5.82 Å². The maximum atomic E-state index is 9.95. The van der Waals surface area contributed by atoms with Gasteiger partial charge in [0.05, 0.1) is 6.61 Å². The van der Waals surface area contributed by atoms with E-state index in [9.17, 15) is 5.11 Å². The first-order chi connectivity index (χ1) is 10.1. The summed E-state index contributed by atoms with van der Waals surface area (Å²) in [6.07, 6.45) is 10.8. The Morgan fingerprint density at radius 1 is 1.52 bits per heavy atom. The minimum absolute atomic E-state index is 0.0698. The molecule has 1 heterocycles. The van der Waals surface area contributed by atoms with Crippen LogP contribution in [0.4, 0.5) is 0 Å². The van der Waals surface area contributed by atoms with Gasteiger partial charge in [-0.05, 0) is 31.6 Å². The van der Waals surface area contributed by atoms with Crippen LogP contribution in [0.25, 0.3) is 0 Å². The van der Waals surface area contributed by atoms with Gasteiger partial charge in [-0.3, -0.25) is 0 Å². The van der Waals surface area contributed by atoms with Crippen molar-refractivity contribution in [2.75, 3.05) is 6.61 Å². The summed E-state index contributed by atoms with van der Waals surface area (Å²) in [7, 11) is 0. The molecule has 1 aromatic rings. The third-order valence-electron chi connectivity index (χ3n) is 4.81. The minimum atomic E-state index is -0.0698. The number of nitrogens with zero attached hydrogens (tertiary/aromatic N) is 2. The molecule has 2 rings (SSSR count). The number of aliphatic hydroxyl groups excluding tert-OH is 1. The third-order valence-corrected chi connectivity index (χ3v) is 4.81. The molecule has 21 heavy (non-hydrogen) atoms. The molecule has 4 nitrogen and oxygen atoms in total. The second kappa shape index (κ2) is 7.41. The summed E-state index contributed by atoms with van der Waals surface area (Å²) in [5.41, 5.74) is -0.0698. The van der Waals surface area contributed by atoms with E-state index in [0.29, 0.717) is 12.0 Å². The molecule has 1 aromatic heterocycles. The van der Waals surface area contributed by atoms with Crippen molar-refractivity contribution < 1.29 is 5.11 Å². The smallest absolute Gasteiger partial charge is 0.108 e. The van der Waals surface area contributed by atoms with Gasteiger partial charge < -0.3 is 15.0 Å². The molecule has 0 amide bonds. The van der Waals surface area contributed by atoms with E-state index in [1.165, 1.54) is 18.7 Å². The zero-order valence-corrected chi connectivity index (χ0v) is 13.8. The number of aromatic nitrogens is 2. The predicted octanol–water partition coefficient (Wildman–Crippen LogP) is 2.75. The fraction of sp³-hybridized carbons (Fsp3) is 0.824. The molecule has 120 valence electrons. The number of aryl methyl sites for hydroxylation is 2. The maximum Gasteiger partial charge on any atom is 0.108 e. The Labute approximate surface area is 129 Å². The molecule has 2 unspecified atom stereocenters. The lowest BCUT2D eigenvalue weighted by atomic mass is 9.84. The summed E-state index contributed by atoms with van der Waals surface area (Å²) >= 11 is 0. The number of hydrogen-bond donors (Lipinski definition) is 2. The lowest BCUT2D eigenvalue weighted by molar-refractivity contribution is 0.108. The molecule has 0 radical (unpaired) electrons. The molecule has 1 fully saturated rings. The number of imidazole rings is 1. The first kappa shape index (κ1) is 16.5. The van der Waals surface area contributed by atoms with Gasteiger partial charge in [-0.15, -0.1) is 0 Å². The van der Waals surface area contributed by atoms with Crippen LogP contribution in [0.15, 0.2) is 12.4 Å². The van der Waals surface area contributed by atoms with Crippen LogP contribution in [0, 0.1) is 5.92 Å². The van der Waals surface area contributed by atoms with Crippen molar-refractivity contribution in [3.05, 3.63) is 18.2 Å². The van der Waals surface area contributed by atoms with Gasteiger partial charge in [-0.25, -0.2) is 4.98 Å². The van der Waals surface area contributed by atoms with E-state index >= 15 is 0 Å². The lowest BCUT2D eigenvalue weighted by Crippen LogP contribution is -2.54. The summed E-state index contributed by atoms with van der Waals surface area (Å²) in [6, 6.07) is 0.418. The second-order valence-corrected chi connectivity index (χ2v) is 6.78. The molecular weight excluding hydrogens is 262 g/mol. The van der Waals surface area contributed by atoms with E-state index in [1.807, 2.05) is 6.20 Å². The first-order valence-electron chi connectivity index (χ1n) is 8.50. The Kier molecular flexibility index (Phi) is 5.82. The van der Waals surface area contributed by atoms with Crippen LogP contribution in [-0.2, 0) is 13.0 Å². The molecular formula is C17H31N3O. The normalized spacial score (nSPS) is 25.9. The highest BCUT2D eigenvalue weighted by Crippen LogP contribution is 2.38. The summed E-state index contributed by atoms with van der Waals surface area (Å²) in [4.78, 5) is 4.45. The van der Waals surface area contributed by atoms with Crippen molar-refractivity contribution in [2.24, 2.45) is 5.92 Å². The maximum absolute atomic E-state index is 9.95.